The van der Waals surface area contributed by atoms with Gasteiger partial charge in [0.05, 0.1) is 25.4 Å². The van der Waals surface area contributed by atoms with E-state index in [1.807, 2.05) is 17.0 Å². The van der Waals surface area contributed by atoms with Crippen molar-refractivity contribution in [2.45, 2.75) is 32.2 Å². The monoisotopic (exact) mass is 317 g/mol. The van der Waals surface area contributed by atoms with E-state index in [0.717, 1.165) is 11.1 Å². The minimum atomic E-state index is -0.194. The van der Waals surface area contributed by atoms with Crippen LogP contribution in [-0.2, 0) is 15.0 Å². The minimum absolute atomic E-state index is 0.00966. The number of nitrogen functional groups attached to an aromatic ring is 1. The van der Waals surface area contributed by atoms with E-state index >= 15 is 0 Å². The number of anilines is 1. The summed E-state index contributed by atoms with van der Waals surface area (Å²) in [6.45, 7) is 7.02. The predicted octanol–water partition coefficient (Wildman–Crippen LogP) is 1.30. The molecule has 0 aliphatic carbocycles. The number of amides is 2. The van der Waals surface area contributed by atoms with Crippen LogP contribution in [0, 0.1) is 0 Å². The second-order valence-electron chi connectivity index (χ2n) is 7.00. The average molecular weight is 317 g/mol. The number of benzene rings is 1. The zero-order valence-corrected chi connectivity index (χ0v) is 14.0. The third-order valence-electron chi connectivity index (χ3n) is 4.92. The van der Waals surface area contributed by atoms with Crippen molar-refractivity contribution in [1.82, 2.24) is 9.80 Å². The first-order valence-corrected chi connectivity index (χ1v) is 7.77. The van der Waals surface area contributed by atoms with Crippen LogP contribution in [-0.4, -0.2) is 48.4 Å². The Hall–Kier alpha value is -2.24. The maximum Gasteiger partial charge on any atom is 0.242 e. The van der Waals surface area contributed by atoms with E-state index in [0.29, 0.717) is 24.5 Å². The third kappa shape index (κ3) is 2.42. The second kappa shape index (κ2) is 5.15. The van der Waals surface area contributed by atoms with Crippen molar-refractivity contribution >= 4 is 17.5 Å². The molecule has 2 aliphatic rings. The van der Waals surface area contributed by atoms with Gasteiger partial charge in [0.15, 0.2) is 0 Å². The number of rotatable bonds is 1. The van der Waals surface area contributed by atoms with Crippen LogP contribution < -0.4 is 10.5 Å². The molecule has 3 rings (SSSR count). The standard InChI is InChI=1S/C17H23N3O3/c1-10(21)19-7-14-11-5-13(18)15(23-4)6-12(11)17(2,3)9-20(14)16(22)8-19/h5-6,14H,7-9,18H2,1-4H3. The Labute approximate surface area is 136 Å². The zero-order valence-electron chi connectivity index (χ0n) is 14.0. The highest BCUT2D eigenvalue weighted by atomic mass is 16.5. The van der Waals surface area contributed by atoms with Gasteiger partial charge in [0.1, 0.15) is 5.75 Å². The highest BCUT2D eigenvalue weighted by Gasteiger charge is 2.44. The van der Waals surface area contributed by atoms with E-state index in [2.05, 4.69) is 13.8 Å². The molecule has 0 spiro atoms. The normalized spacial score (nSPS) is 22.4. The maximum absolute atomic E-state index is 12.5. The summed E-state index contributed by atoms with van der Waals surface area (Å²) in [6.07, 6.45) is 0. The fraction of sp³-hybridized carbons (Fsp3) is 0.529. The molecule has 2 heterocycles. The van der Waals surface area contributed by atoms with Gasteiger partial charge in [0, 0.05) is 25.4 Å². The van der Waals surface area contributed by atoms with Crippen LogP contribution in [0.25, 0.3) is 0 Å². The molecule has 2 aliphatic heterocycles. The molecule has 2 N–H and O–H groups in total. The molecule has 1 unspecified atom stereocenters. The molecular weight excluding hydrogens is 294 g/mol. The van der Waals surface area contributed by atoms with Gasteiger partial charge in [0.2, 0.25) is 11.8 Å². The third-order valence-corrected chi connectivity index (χ3v) is 4.92. The Kier molecular flexibility index (Phi) is 3.50. The summed E-state index contributed by atoms with van der Waals surface area (Å²) in [5.41, 5.74) is 8.58. The van der Waals surface area contributed by atoms with E-state index in [1.165, 1.54) is 6.92 Å². The second-order valence-corrected chi connectivity index (χ2v) is 7.00. The lowest BCUT2D eigenvalue weighted by Gasteiger charge is -2.49. The summed E-state index contributed by atoms with van der Waals surface area (Å²) in [4.78, 5) is 27.7. The molecule has 1 saturated heterocycles. The van der Waals surface area contributed by atoms with Gasteiger partial charge in [-0.25, -0.2) is 0 Å². The lowest BCUT2D eigenvalue weighted by Crippen LogP contribution is -2.58. The van der Waals surface area contributed by atoms with Gasteiger partial charge in [-0.15, -0.1) is 0 Å². The van der Waals surface area contributed by atoms with Gasteiger partial charge in [0.25, 0.3) is 0 Å². The van der Waals surface area contributed by atoms with Crippen molar-refractivity contribution in [3.05, 3.63) is 23.3 Å². The lowest BCUT2D eigenvalue weighted by molar-refractivity contribution is -0.149. The van der Waals surface area contributed by atoms with Gasteiger partial charge in [-0.3, -0.25) is 9.59 Å². The molecule has 124 valence electrons. The van der Waals surface area contributed by atoms with E-state index < -0.39 is 0 Å². The summed E-state index contributed by atoms with van der Waals surface area (Å²) in [5.74, 6) is 0.561. The van der Waals surface area contributed by atoms with E-state index in [9.17, 15) is 9.59 Å². The number of methoxy groups -OCH3 is 1. The molecule has 0 aromatic heterocycles. The van der Waals surface area contributed by atoms with Crippen LogP contribution in [0.15, 0.2) is 12.1 Å². The van der Waals surface area contributed by atoms with Crippen molar-refractivity contribution in [1.29, 1.82) is 0 Å². The van der Waals surface area contributed by atoms with Crippen molar-refractivity contribution in [2.24, 2.45) is 0 Å². The number of nitrogens with zero attached hydrogens (tertiary/aromatic N) is 2. The van der Waals surface area contributed by atoms with Crippen molar-refractivity contribution in [3.8, 4) is 5.75 Å². The molecule has 1 aromatic rings. The molecule has 6 heteroatoms. The molecule has 0 radical (unpaired) electrons. The maximum atomic E-state index is 12.5. The van der Waals surface area contributed by atoms with Gasteiger partial charge in [-0.1, -0.05) is 13.8 Å². The quantitative estimate of drug-likeness (QED) is 0.792. The smallest absolute Gasteiger partial charge is 0.242 e. The van der Waals surface area contributed by atoms with Crippen LogP contribution in [0.4, 0.5) is 5.69 Å². The van der Waals surface area contributed by atoms with Crippen molar-refractivity contribution in [2.75, 3.05) is 32.5 Å². The Morgan fingerprint density at radius 3 is 2.70 bits per heavy atom. The first-order valence-electron chi connectivity index (χ1n) is 7.77. The predicted molar refractivity (Wildman–Crippen MR) is 87.1 cm³/mol. The fourth-order valence-corrected chi connectivity index (χ4v) is 3.67. The molecule has 2 amide bonds. The number of hydrogen-bond donors (Lipinski definition) is 1. The van der Waals surface area contributed by atoms with Gasteiger partial charge in [-0.05, 0) is 23.3 Å². The first kappa shape index (κ1) is 15.6. The number of ether oxygens (including phenoxy) is 1. The topological polar surface area (TPSA) is 75.9 Å². The minimum Gasteiger partial charge on any atom is -0.495 e. The Balaban J connectivity index is 2.13. The summed E-state index contributed by atoms with van der Waals surface area (Å²) < 4.78 is 5.35. The van der Waals surface area contributed by atoms with Crippen LogP contribution in [0.3, 0.4) is 0 Å². The molecular formula is C17H23N3O3. The number of hydrogen-bond acceptors (Lipinski definition) is 4. The first-order chi connectivity index (χ1) is 10.7. The van der Waals surface area contributed by atoms with E-state index in [1.54, 1.807) is 12.0 Å². The van der Waals surface area contributed by atoms with Crippen LogP contribution in [0.5, 0.6) is 5.75 Å². The van der Waals surface area contributed by atoms with Crippen molar-refractivity contribution in [3.63, 3.8) is 0 Å². The number of piperazine rings is 1. The molecule has 1 atom stereocenters. The zero-order chi connectivity index (χ0) is 16.9. The fourth-order valence-electron chi connectivity index (χ4n) is 3.67. The highest BCUT2D eigenvalue weighted by molar-refractivity contribution is 5.86. The highest BCUT2D eigenvalue weighted by Crippen LogP contribution is 2.44. The largest absolute Gasteiger partial charge is 0.495 e. The van der Waals surface area contributed by atoms with E-state index in [4.69, 9.17) is 10.5 Å². The number of carbonyl (C=O) groups is 2. The van der Waals surface area contributed by atoms with Crippen molar-refractivity contribution < 1.29 is 14.3 Å². The van der Waals surface area contributed by atoms with Crippen LogP contribution in [0.1, 0.15) is 37.9 Å². The molecule has 0 saturated carbocycles. The SMILES string of the molecule is COc1cc2c(cc1N)C1CN(C(C)=O)CC(=O)N1CC2(C)C. The van der Waals surface area contributed by atoms with E-state index in [-0.39, 0.29) is 29.8 Å². The number of carbonyl (C=O) groups excluding carboxylic acids is 2. The van der Waals surface area contributed by atoms with Gasteiger partial charge < -0.3 is 20.3 Å². The summed E-state index contributed by atoms with van der Waals surface area (Å²) in [6, 6.07) is 3.72. The van der Waals surface area contributed by atoms with Crippen LogP contribution in [0.2, 0.25) is 0 Å². The molecule has 0 bridgehead atoms. The molecule has 6 nitrogen and oxygen atoms in total. The molecule has 23 heavy (non-hydrogen) atoms. The van der Waals surface area contributed by atoms with Crippen LogP contribution >= 0.6 is 0 Å². The average Bonchev–Trinajstić information content (AvgIpc) is 2.47. The number of nitrogens with two attached hydrogens (primary N) is 1. The summed E-state index contributed by atoms with van der Waals surface area (Å²) in [7, 11) is 1.60. The summed E-state index contributed by atoms with van der Waals surface area (Å²) in [5, 5.41) is 0. The Morgan fingerprint density at radius 2 is 2.09 bits per heavy atom. The van der Waals surface area contributed by atoms with Gasteiger partial charge >= 0.3 is 0 Å². The Bertz CT molecular complexity index is 684. The lowest BCUT2D eigenvalue weighted by atomic mass is 9.74. The molecule has 1 fully saturated rings. The van der Waals surface area contributed by atoms with Gasteiger partial charge in [-0.2, -0.15) is 0 Å². The molecule has 1 aromatic carbocycles. The number of fused-ring (bicyclic) bond motifs is 3. The summed E-state index contributed by atoms with van der Waals surface area (Å²) >= 11 is 0. The Morgan fingerprint density at radius 1 is 1.39 bits per heavy atom.